The van der Waals surface area contributed by atoms with Crippen LogP contribution in [0.1, 0.15) is 32.0 Å². The van der Waals surface area contributed by atoms with Gasteiger partial charge >= 0.3 is 0 Å². The molecule has 0 spiro atoms. The molecule has 0 bridgehead atoms. The summed E-state index contributed by atoms with van der Waals surface area (Å²) in [6.45, 7) is 7.40. The predicted octanol–water partition coefficient (Wildman–Crippen LogP) is 1.48. The molecule has 128 valence electrons. The maximum atomic E-state index is 12.3. The standard InChI is InChI=1S/C16H27N5OS/c1-3-14-17-16(23-18-14)21-8-4-7-20(9-10-21)12-15(22)19(2)11-13-5-6-13/h13H,3-12H2,1-2H3. The average Bonchev–Trinajstić information content (AvgIpc) is 3.28. The van der Waals surface area contributed by atoms with Crippen LogP contribution in [0.4, 0.5) is 5.13 Å². The lowest BCUT2D eigenvalue weighted by molar-refractivity contribution is -0.131. The van der Waals surface area contributed by atoms with E-state index in [9.17, 15) is 4.79 Å². The quantitative estimate of drug-likeness (QED) is 0.787. The Kier molecular flexibility index (Phi) is 5.48. The van der Waals surface area contributed by atoms with E-state index < -0.39 is 0 Å². The first kappa shape index (κ1) is 16.6. The minimum atomic E-state index is 0.259. The van der Waals surface area contributed by atoms with Crippen LogP contribution in [0.5, 0.6) is 0 Å². The average molecular weight is 337 g/mol. The van der Waals surface area contributed by atoms with Crippen LogP contribution >= 0.6 is 11.5 Å². The van der Waals surface area contributed by atoms with Crippen molar-refractivity contribution in [3.8, 4) is 0 Å². The normalized spacial score (nSPS) is 19.7. The zero-order valence-electron chi connectivity index (χ0n) is 14.2. The van der Waals surface area contributed by atoms with Crippen molar-refractivity contribution >= 4 is 22.6 Å². The van der Waals surface area contributed by atoms with Gasteiger partial charge in [-0.05, 0) is 25.2 Å². The van der Waals surface area contributed by atoms with Crippen molar-refractivity contribution in [2.75, 3.05) is 51.2 Å². The third-order valence-electron chi connectivity index (χ3n) is 4.65. The first-order valence-corrected chi connectivity index (χ1v) is 9.47. The topological polar surface area (TPSA) is 52.6 Å². The van der Waals surface area contributed by atoms with Gasteiger partial charge in [-0.25, -0.2) is 4.98 Å². The monoisotopic (exact) mass is 337 g/mol. The largest absolute Gasteiger partial charge is 0.346 e. The van der Waals surface area contributed by atoms with Crippen LogP contribution in [-0.2, 0) is 11.2 Å². The zero-order valence-corrected chi connectivity index (χ0v) is 15.0. The number of likely N-dealkylation sites (N-methyl/N-ethyl adjacent to an activating group) is 1. The molecule has 6 nitrogen and oxygen atoms in total. The number of anilines is 1. The number of amides is 1. The predicted molar refractivity (Wildman–Crippen MR) is 92.9 cm³/mol. The molecule has 0 atom stereocenters. The lowest BCUT2D eigenvalue weighted by Crippen LogP contribution is -2.40. The summed E-state index contributed by atoms with van der Waals surface area (Å²) in [5.41, 5.74) is 0. The first-order valence-electron chi connectivity index (χ1n) is 8.69. The molecule has 0 aromatic carbocycles. The third kappa shape index (κ3) is 4.64. The SMILES string of the molecule is CCc1nsc(N2CCCN(CC(=O)N(C)CC3CC3)CC2)n1. The molecule has 3 rings (SSSR count). The molecule has 1 saturated carbocycles. The molecule has 2 heterocycles. The van der Waals surface area contributed by atoms with E-state index in [1.807, 2.05) is 11.9 Å². The lowest BCUT2D eigenvalue weighted by Gasteiger charge is -2.24. The van der Waals surface area contributed by atoms with Crippen molar-refractivity contribution in [3.63, 3.8) is 0 Å². The fourth-order valence-corrected chi connectivity index (χ4v) is 3.74. The summed E-state index contributed by atoms with van der Waals surface area (Å²) in [5, 5.41) is 1.03. The molecule has 0 radical (unpaired) electrons. The second-order valence-corrected chi connectivity index (χ2v) is 7.41. The van der Waals surface area contributed by atoms with Crippen LogP contribution in [0.15, 0.2) is 0 Å². The Morgan fingerprint density at radius 3 is 2.83 bits per heavy atom. The first-order chi connectivity index (χ1) is 11.2. The summed E-state index contributed by atoms with van der Waals surface area (Å²) in [5.74, 6) is 1.95. The minimum Gasteiger partial charge on any atom is -0.346 e. The summed E-state index contributed by atoms with van der Waals surface area (Å²) in [6.07, 6.45) is 4.54. The number of carbonyl (C=O) groups excluding carboxylic acids is 1. The van der Waals surface area contributed by atoms with Gasteiger partial charge in [0.1, 0.15) is 5.82 Å². The van der Waals surface area contributed by atoms with E-state index in [1.165, 1.54) is 24.4 Å². The summed E-state index contributed by atoms with van der Waals surface area (Å²) in [4.78, 5) is 23.4. The fourth-order valence-electron chi connectivity index (χ4n) is 2.94. The molecule has 1 saturated heterocycles. The van der Waals surface area contributed by atoms with Crippen molar-refractivity contribution in [3.05, 3.63) is 5.82 Å². The molecule has 1 amide bonds. The third-order valence-corrected chi connectivity index (χ3v) is 5.46. The zero-order chi connectivity index (χ0) is 16.2. The molecular formula is C16H27N5OS. The molecule has 1 aliphatic carbocycles. The highest BCUT2D eigenvalue weighted by Gasteiger charge is 2.26. The van der Waals surface area contributed by atoms with Crippen LogP contribution in [-0.4, -0.2) is 71.4 Å². The number of aromatic nitrogens is 2. The van der Waals surface area contributed by atoms with Gasteiger partial charge in [-0.2, -0.15) is 4.37 Å². The molecule has 1 aromatic heterocycles. The Morgan fingerprint density at radius 2 is 2.13 bits per heavy atom. The second kappa shape index (κ2) is 7.57. The van der Waals surface area contributed by atoms with Gasteiger partial charge in [-0.15, -0.1) is 0 Å². The van der Waals surface area contributed by atoms with E-state index >= 15 is 0 Å². The van der Waals surface area contributed by atoms with Crippen molar-refractivity contribution in [1.29, 1.82) is 0 Å². The number of rotatable bonds is 6. The van der Waals surface area contributed by atoms with Crippen molar-refractivity contribution in [2.24, 2.45) is 5.92 Å². The van der Waals surface area contributed by atoms with Gasteiger partial charge in [-0.3, -0.25) is 9.69 Å². The maximum Gasteiger partial charge on any atom is 0.236 e. The van der Waals surface area contributed by atoms with Crippen molar-refractivity contribution in [1.82, 2.24) is 19.2 Å². The molecule has 7 heteroatoms. The number of hydrogen-bond acceptors (Lipinski definition) is 6. The van der Waals surface area contributed by atoms with Gasteiger partial charge in [0.05, 0.1) is 6.54 Å². The summed E-state index contributed by atoms with van der Waals surface area (Å²) in [6, 6.07) is 0. The van der Waals surface area contributed by atoms with Gasteiger partial charge < -0.3 is 9.80 Å². The molecule has 2 fully saturated rings. The van der Waals surface area contributed by atoms with E-state index in [-0.39, 0.29) is 5.91 Å². The highest BCUT2D eigenvalue weighted by atomic mass is 32.1. The summed E-state index contributed by atoms with van der Waals surface area (Å²) in [7, 11) is 1.94. The Labute approximate surface area is 142 Å². The van der Waals surface area contributed by atoms with E-state index in [4.69, 9.17) is 0 Å². The van der Waals surface area contributed by atoms with E-state index in [1.54, 1.807) is 0 Å². The minimum absolute atomic E-state index is 0.259. The summed E-state index contributed by atoms with van der Waals surface area (Å²) >= 11 is 1.49. The molecular weight excluding hydrogens is 310 g/mol. The van der Waals surface area contributed by atoms with Gasteiger partial charge in [0, 0.05) is 57.7 Å². The maximum absolute atomic E-state index is 12.3. The smallest absolute Gasteiger partial charge is 0.236 e. The van der Waals surface area contributed by atoms with Gasteiger partial charge in [0.25, 0.3) is 0 Å². The number of carbonyl (C=O) groups is 1. The highest BCUT2D eigenvalue weighted by Crippen LogP contribution is 2.29. The number of hydrogen-bond donors (Lipinski definition) is 0. The Morgan fingerprint density at radius 1 is 1.30 bits per heavy atom. The molecule has 23 heavy (non-hydrogen) atoms. The Bertz CT molecular complexity index is 530. The number of aryl methyl sites for hydroxylation is 1. The van der Waals surface area contributed by atoms with E-state index in [0.29, 0.717) is 6.54 Å². The molecule has 1 aromatic rings. The molecule has 2 aliphatic rings. The molecule has 1 aliphatic heterocycles. The summed E-state index contributed by atoms with van der Waals surface area (Å²) < 4.78 is 4.38. The van der Waals surface area contributed by atoms with Crippen LogP contribution in [0.3, 0.4) is 0 Å². The highest BCUT2D eigenvalue weighted by molar-refractivity contribution is 7.09. The Hall–Kier alpha value is -1.21. The van der Waals surface area contributed by atoms with E-state index in [0.717, 1.165) is 62.4 Å². The van der Waals surface area contributed by atoms with Crippen molar-refractivity contribution < 1.29 is 4.79 Å². The van der Waals surface area contributed by atoms with Crippen LogP contribution in [0, 0.1) is 5.92 Å². The Balaban J connectivity index is 1.48. The number of nitrogens with zero attached hydrogens (tertiary/aromatic N) is 5. The lowest BCUT2D eigenvalue weighted by atomic mass is 10.3. The van der Waals surface area contributed by atoms with E-state index in [2.05, 4.69) is 26.1 Å². The molecule has 0 N–H and O–H groups in total. The second-order valence-electron chi connectivity index (χ2n) is 6.68. The molecule has 0 unspecified atom stereocenters. The van der Waals surface area contributed by atoms with Gasteiger partial charge in [0.2, 0.25) is 11.0 Å². The van der Waals surface area contributed by atoms with Gasteiger partial charge in [0.15, 0.2) is 0 Å². The van der Waals surface area contributed by atoms with Crippen LogP contribution < -0.4 is 4.90 Å². The fraction of sp³-hybridized carbons (Fsp3) is 0.812. The van der Waals surface area contributed by atoms with Crippen molar-refractivity contribution in [2.45, 2.75) is 32.6 Å². The van der Waals surface area contributed by atoms with Gasteiger partial charge in [-0.1, -0.05) is 6.92 Å². The van der Waals surface area contributed by atoms with Crippen LogP contribution in [0.25, 0.3) is 0 Å². The van der Waals surface area contributed by atoms with Crippen LogP contribution in [0.2, 0.25) is 0 Å².